The lowest BCUT2D eigenvalue weighted by Gasteiger charge is -2.09. The molecule has 1 aliphatic rings. The van der Waals surface area contributed by atoms with Crippen LogP contribution in [0.25, 0.3) is 0 Å². The van der Waals surface area contributed by atoms with Crippen LogP contribution in [0.3, 0.4) is 0 Å². The third-order valence-electron chi connectivity index (χ3n) is 0.977. The Morgan fingerprint density at radius 2 is 2.67 bits per heavy atom. The van der Waals surface area contributed by atoms with Crippen LogP contribution < -0.4 is 11.2 Å². The van der Waals surface area contributed by atoms with Crippen molar-refractivity contribution in [3.05, 3.63) is 11.9 Å². The topological polar surface area (TPSA) is 78.6 Å². The molecule has 4 N–H and O–H groups in total. The first kappa shape index (κ1) is 5.74. The van der Waals surface area contributed by atoms with Gasteiger partial charge in [-0.25, -0.2) is 9.80 Å². The van der Waals surface area contributed by atoms with E-state index in [2.05, 4.69) is 5.43 Å². The maximum Gasteiger partial charge on any atom is 0.426 e. The number of rotatable bonds is 0. The van der Waals surface area contributed by atoms with Gasteiger partial charge in [0.15, 0.2) is 0 Å². The predicted octanol–water partition coefficient (Wildman–Crippen LogP) is -0.715. The summed E-state index contributed by atoms with van der Waals surface area (Å²) in [5, 5.41) is 9.30. The first-order valence-corrected chi connectivity index (χ1v) is 2.41. The second-order valence-corrected chi connectivity index (χ2v) is 1.72. The van der Waals surface area contributed by atoms with Gasteiger partial charge >= 0.3 is 6.09 Å². The van der Waals surface area contributed by atoms with Crippen LogP contribution in [0.4, 0.5) is 4.79 Å². The summed E-state index contributed by atoms with van der Waals surface area (Å²) < 4.78 is 0. The number of amides is 1. The second kappa shape index (κ2) is 1.85. The van der Waals surface area contributed by atoms with Gasteiger partial charge in [-0.2, -0.15) is 0 Å². The highest BCUT2D eigenvalue weighted by molar-refractivity contribution is 5.65. The van der Waals surface area contributed by atoms with E-state index in [0.29, 0.717) is 5.70 Å². The fourth-order valence-electron chi connectivity index (χ4n) is 0.558. The van der Waals surface area contributed by atoms with E-state index in [4.69, 9.17) is 10.8 Å². The Kier molecular flexibility index (Phi) is 1.18. The van der Waals surface area contributed by atoms with Gasteiger partial charge in [-0.3, -0.25) is 5.43 Å². The standard InChI is InChI=1S/C4H7N3O2/c5-3-1-6-7(2-3)4(8)9/h1,6H,2,5H2,(H,8,9). The van der Waals surface area contributed by atoms with Crippen LogP contribution in [0.15, 0.2) is 11.9 Å². The molecular weight excluding hydrogens is 122 g/mol. The number of hydrogen-bond acceptors (Lipinski definition) is 3. The zero-order valence-corrected chi connectivity index (χ0v) is 4.66. The highest BCUT2D eigenvalue weighted by Crippen LogP contribution is 1.96. The van der Waals surface area contributed by atoms with E-state index < -0.39 is 6.09 Å². The summed E-state index contributed by atoms with van der Waals surface area (Å²) in [6.45, 7) is 0.245. The molecular formula is C4H7N3O2. The number of hydrogen-bond donors (Lipinski definition) is 3. The number of carboxylic acid groups (broad SMARTS) is 1. The SMILES string of the molecule is NC1=CNN(C(=O)O)C1. The summed E-state index contributed by atoms with van der Waals surface area (Å²) in [7, 11) is 0. The van der Waals surface area contributed by atoms with Crippen LogP contribution >= 0.6 is 0 Å². The molecule has 0 aliphatic carbocycles. The molecule has 5 heteroatoms. The molecule has 0 saturated heterocycles. The van der Waals surface area contributed by atoms with Crippen molar-refractivity contribution in [3.63, 3.8) is 0 Å². The number of nitrogens with two attached hydrogens (primary N) is 1. The molecule has 0 saturated carbocycles. The monoisotopic (exact) mass is 129 g/mol. The minimum Gasteiger partial charge on any atom is -0.464 e. The maximum absolute atomic E-state index is 10.1. The lowest BCUT2D eigenvalue weighted by molar-refractivity contribution is 0.140. The zero-order chi connectivity index (χ0) is 6.85. The molecule has 0 unspecified atom stereocenters. The van der Waals surface area contributed by atoms with Crippen molar-refractivity contribution in [1.82, 2.24) is 10.4 Å². The number of nitrogens with zero attached hydrogens (tertiary/aromatic N) is 1. The quantitative estimate of drug-likeness (QED) is 0.403. The number of nitrogens with one attached hydrogen (secondary N) is 1. The lowest BCUT2D eigenvalue weighted by atomic mass is 10.5. The Bertz CT molecular complexity index is 165. The zero-order valence-electron chi connectivity index (χ0n) is 4.66. The summed E-state index contributed by atoms with van der Waals surface area (Å²) in [4.78, 5) is 10.1. The van der Waals surface area contributed by atoms with Crippen molar-refractivity contribution < 1.29 is 9.90 Å². The molecule has 1 rings (SSSR count). The predicted molar refractivity (Wildman–Crippen MR) is 30.1 cm³/mol. The van der Waals surface area contributed by atoms with Crippen molar-refractivity contribution >= 4 is 6.09 Å². The Morgan fingerprint density at radius 3 is 2.89 bits per heavy atom. The Hall–Kier alpha value is -1.39. The van der Waals surface area contributed by atoms with Crippen LogP contribution in [-0.4, -0.2) is 22.8 Å². The Morgan fingerprint density at radius 1 is 2.00 bits per heavy atom. The van der Waals surface area contributed by atoms with Gasteiger partial charge in [0.1, 0.15) is 0 Å². The van der Waals surface area contributed by atoms with Crippen molar-refractivity contribution in [1.29, 1.82) is 0 Å². The summed E-state index contributed by atoms with van der Waals surface area (Å²) in [6, 6.07) is 0. The molecule has 0 aromatic rings. The van der Waals surface area contributed by atoms with Crippen LogP contribution in [0, 0.1) is 0 Å². The molecule has 50 valence electrons. The molecule has 1 heterocycles. The van der Waals surface area contributed by atoms with E-state index in [1.165, 1.54) is 6.20 Å². The fraction of sp³-hybridized carbons (Fsp3) is 0.250. The van der Waals surface area contributed by atoms with Crippen molar-refractivity contribution in [3.8, 4) is 0 Å². The summed E-state index contributed by atoms with van der Waals surface area (Å²) in [5.41, 5.74) is 8.23. The molecule has 5 nitrogen and oxygen atoms in total. The van der Waals surface area contributed by atoms with Crippen molar-refractivity contribution in [2.75, 3.05) is 6.54 Å². The average Bonchev–Trinajstić information content (AvgIpc) is 2.14. The Balaban J connectivity index is 2.47. The average molecular weight is 129 g/mol. The third kappa shape index (κ3) is 1.04. The van der Waals surface area contributed by atoms with E-state index in [-0.39, 0.29) is 6.54 Å². The minimum atomic E-state index is -1.02. The summed E-state index contributed by atoms with van der Waals surface area (Å²) in [6.07, 6.45) is 0.431. The third-order valence-corrected chi connectivity index (χ3v) is 0.977. The van der Waals surface area contributed by atoms with Crippen LogP contribution in [0.2, 0.25) is 0 Å². The highest BCUT2D eigenvalue weighted by atomic mass is 16.4. The van der Waals surface area contributed by atoms with E-state index in [1.807, 2.05) is 0 Å². The van der Waals surface area contributed by atoms with Crippen molar-refractivity contribution in [2.45, 2.75) is 0 Å². The van der Waals surface area contributed by atoms with Gasteiger partial charge in [0.05, 0.1) is 6.54 Å². The lowest BCUT2D eigenvalue weighted by Crippen LogP contribution is -2.35. The summed E-state index contributed by atoms with van der Waals surface area (Å²) >= 11 is 0. The molecule has 1 amide bonds. The minimum absolute atomic E-state index is 0.245. The molecule has 0 spiro atoms. The highest BCUT2D eigenvalue weighted by Gasteiger charge is 2.15. The molecule has 9 heavy (non-hydrogen) atoms. The molecule has 0 bridgehead atoms. The van der Waals surface area contributed by atoms with Crippen molar-refractivity contribution in [2.24, 2.45) is 5.73 Å². The molecule has 0 radical (unpaired) electrons. The molecule has 0 atom stereocenters. The fourth-order valence-corrected chi connectivity index (χ4v) is 0.558. The van der Waals surface area contributed by atoms with Gasteiger partial charge in [-0.1, -0.05) is 0 Å². The Labute approximate surface area is 51.7 Å². The van der Waals surface area contributed by atoms with E-state index in [9.17, 15) is 4.79 Å². The van der Waals surface area contributed by atoms with E-state index in [1.54, 1.807) is 0 Å². The van der Waals surface area contributed by atoms with E-state index in [0.717, 1.165) is 5.01 Å². The van der Waals surface area contributed by atoms with Gasteiger partial charge in [-0.05, 0) is 0 Å². The number of hydrazine groups is 1. The number of carbonyl (C=O) groups is 1. The molecule has 0 aromatic heterocycles. The van der Waals surface area contributed by atoms with Gasteiger partial charge in [-0.15, -0.1) is 0 Å². The molecule has 1 aliphatic heterocycles. The second-order valence-electron chi connectivity index (χ2n) is 1.72. The first-order chi connectivity index (χ1) is 4.20. The van der Waals surface area contributed by atoms with Gasteiger partial charge in [0.25, 0.3) is 0 Å². The summed E-state index contributed by atoms with van der Waals surface area (Å²) in [5.74, 6) is 0. The van der Waals surface area contributed by atoms with Crippen LogP contribution in [0.5, 0.6) is 0 Å². The van der Waals surface area contributed by atoms with Gasteiger partial charge < -0.3 is 10.8 Å². The van der Waals surface area contributed by atoms with E-state index >= 15 is 0 Å². The molecule has 0 aromatic carbocycles. The smallest absolute Gasteiger partial charge is 0.426 e. The first-order valence-electron chi connectivity index (χ1n) is 2.41. The van der Waals surface area contributed by atoms with Gasteiger partial charge in [0.2, 0.25) is 0 Å². The largest absolute Gasteiger partial charge is 0.464 e. The van der Waals surface area contributed by atoms with Crippen LogP contribution in [0.1, 0.15) is 0 Å². The maximum atomic E-state index is 10.1. The normalized spacial score (nSPS) is 16.9. The van der Waals surface area contributed by atoms with Gasteiger partial charge in [0, 0.05) is 11.9 Å². The molecule has 0 fully saturated rings. The van der Waals surface area contributed by atoms with Crippen LogP contribution in [-0.2, 0) is 0 Å².